The van der Waals surface area contributed by atoms with E-state index in [-0.39, 0.29) is 11.9 Å². The molecule has 0 aromatic heterocycles. The van der Waals surface area contributed by atoms with Crippen molar-refractivity contribution in [1.29, 1.82) is 0 Å². The molecule has 0 aliphatic carbocycles. The molecule has 3 amide bonds. The van der Waals surface area contributed by atoms with Gasteiger partial charge in [0.1, 0.15) is 6.04 Å². The first-order chi connectivity index (χ1) is 9.81. The van der Waals surface area contributed by atoms with Crippen molar-refractivity contribution in [2.24, 2.45) is 0 Å². The second-order valence-corrected chi connectivity index (χ2v) is 5.53. The number of rotatable bonds is 5. The highest BCUT2D eigenvalue weighted by Crippen LogP contribution is 2.10. The number of benzene rings is 1. The highest BCUT2D eigenvalue weighted by molar-refractivity contribution is 5.86. The van der Waals surface area contributed by atoms with Crippen LogP contribution in [0.2, 0.25) is 0 Å². The molecule has 0 saturated heterocycles. The summed E-state index contributed by atoms with van der Waals surface area (Å²) in [6, 6.07) is 5.44. The lowest BCUT2D eigenvalue weighted by atomic mass is 10.0. The van der Waals surface area contributed by atoms with E-state index in [0.717, 1.165) is 6.42 Å². The Bertz CT molecular complexity index is 512. The first-order valence-corrected chi connectivity index (χ1v) is 7.13. The molecular formula is C16H25N3O2. The van der Waals surface area contributed by atoms with Crippen molar-refractivity contribution in [3.63, 3.8) is 0 Å². The minimum atomic E-state index is -0.527. The fraction of sp³-hybridized carbons (Fsp3) is 0.500. The van der Waals surface area contributed by atoms with Gasteiger partial charge in [-0.2, -0.15) is 0 Å². The molecule has 1 atom stereocenters. The largest absolute Gasteiger partial charge is 0.347 e. The summed E-state index contributed by atoms with van der Waals surface area (Å²) in [6.45, 7) is 6.34. The van der Waals surface area contributed by atoms with Gasteiger partial charge in [-0.05, 0) is 38.3 Å². The summed E-state index contributed by atoms with van der Waals surface area (Å²) >= 11 is 0. The number of amides is 3. The number of carbonyl (C=O) groups is 2. The third kappa shape index (κ3) is 5.45. The lowest BCUT2D eigenvalue weighted by molar-refractivity contribution is -0.130. The Labute approximate surface area is 126 Å². The van der Waals surface area contributed by atoms with E-state index in [1.165, 1.54) is 21.6 Å². The Morgan fingerprint density at radius 2 is 1.90 bits per heavy atom. The Hall–Kier alpha value is -2.04. The van der Waals surface area contributed by atoms with Crippen LogP contribution in [0.1, 0.15) is 23.6 Å². The predicted octanol–water partition coefficient (Wildman–Crippen LogP) is 1.62. The topological polar surface area (TPSA) is 61.4 Å². The quantitative estimate of drug-likeness (QED) is 0.866. The van der Waals surface area contributed by atoms with Crippen LogP contribution >= 0.6 is 0 Å². The Morgan fingerprint density at radius 3 is 2.48 bits per heavy atom. The van der Waals surface area contributed by atoms with Crippen LogP contribution in [0.5, 0.6) is 0 Å². The van der Waals surface area contributed by atoms with Gasteiger partial charge >= 0.3 is 6.03 Å². The Morgan fingerprint density at radius 1 is 1.24 bits per heavy atom. The third-order valence-electron chi connectivity index (χ3n) is 3.34. The van der Waals surface area contributed by atoms with Gasteiger partial charge in [0, 0.05) is 20.6 Å². The maximum absolute atomic E-state index is 11.7. The summed E-state index contributed by atoms with van der Waals surface area (Å²) < 4.78 is 0. The van der Waals surface area contributed by atoms with Crippen molar-refractivity contribution in [2.75, 3.05) is 20.6 Å². The van der Waals surface area contributed by atoms with E-state index in [1.54, 1.807) is 21.0 Å². The van der Waals surface area contributed by atoms with Crippen LogP contribution in [-0.2, 0) is 11.2 Å². The molecule has 5 heteroatoms. The summed E-state index contributed by atoms with van der Waals surface area (Å²) in [5.41, 5.74) is 3.68. The molecule has 0 radical (unpaired) electrons. The molecule has 0 heterocycles. The average Bonchev–Trinajstić information content (AvgIpc) is 2.40. The molecule has 5 nitrogen and oxygen atoms in total. The molecular weight excluding hydrogens is 266 g/mol. The molecule has 0 aliphatic heterocycles. The number of nitrogens with one attached hydrogen (secondary N) is 2. The Balaban J connectivity index is 2.38. The van der Waals surface area contributed by atoms with E-state index >= 15 is 0 Å². The monoisotopic (exact) mass is 291 g/mol. The van der Waals surface area contributed by atoms with Gasteiger partial charge in [0.25, 0.3) is 0 Å². The first kappa shape index (κ1) is 17.0. The molecule has 1 unspecified atom stereocenters. The summed E-state index contributed by atoms with van der Waals surface area (Å²) in [4.78, 5) is 24.8. The van der Waals surface area contributed by atoms with Crippen molar-refractivity contribution in [3.8, 4) is 0 Å². The maximum Gasteiger partial charge on any atom is 0.315 e. The van der Waals surface area contributed by atoms with Gasteiger partial charge in [-0.25, -0.2) is 4.79 Å². The van der Waals surface area contributed by atoms with Crippen LogP contribution < -0.4 is 10.6 Å². The lowest BCUT2D eigenvalue weighted by Crippen LogP contribution is -2.48. The van der Waals surface area contributed by atoms with Gasteiger partial charge in [0.15, 0.2) is 0 Å². The van der Waals surface area contributed by atoms with Crippen molar-refractivity contribution in [1.82, 2.24) is 15.5 Å². The number of hydrogen-bond acceptors (Lipinski definition) is 2. The van der Waals surface area contributed by atoms with Gasteiger partial charge in [0.05, 0.1) is 0 Å². The molecule has 116 valence electrons. The van der Waals surface area contributed by atoms with Crippen molar-refractivity contribution < 1.29 is 9.59 Å². The van der Waals surface area contributed by atoms with Crippen LogP contribution in [0.4, 0.5) is 4.79 Å². The average molecular weight is 291 g/mol. The van der Waals surface area contributed by atoms with Crippen molar-refractivity contribution in [2.45, 2.75) is 33.2 Å². The van der Waals surface area contributed by atoms with Gasteiger partial charge < -0.3 is 15.5 Å². The number of carbonyl (C=O) groups excluding carboxylic acids is 2. The number of urea groups is 1. The zero-order valence-corrected chi connectivity index (χ0v) is 13.5. The minimum Gasteiger partial charge on any atom is -0.347 e. The van der Waals surface area contributed by atoms with Gasteiger partial charge in [-0.1, -0.05) is 23.8 Å². The van der Waals surface area contributed by atoms with E-state index in [1.807, 2.05) is 0 Å². The molecule has 1 aromatic rings. The fourth-order valence-corrected chi connectivity index (χ4v) is 2.13. The summed E-state index contributed by atoms with van der Waals surface area (Å²) in [5, 5.41) is 5.41. The van der Waals surface area contributed by atoms with Gasteiger partial charge in [0.2, 0.25) is 5.91 Å². The Kier molecular flexibility index (Phi) is 6.21. The molecule has 0 fully saturated rings. The highest BCUT2D eigenvalue weighted by atomic mass is 16.2. The number of aryl methyl sites for hydroxylation is 2. The van der Waals surface area contributed by atoms with Gasteiger partial charge in [-0.3, -0.25) is 4.79 Å². The number of nitrogens with zero attached hydrogens (tertiary/aromatic N) is 1. The normalized spacial score (nSPS) is 11.7. The van der Waals surface area contributed by atoms with E-state index < -0.39 is 6.04 Å². The first-order valence-electron chi connectivity index (χ1n) is 7.13. The summed E-state index contributed by atoms with van der Waals surface area (Å²) in [6.07, 6.45) is 0.773. The zero-order chi connectivity index (χ0) is 16.0. The van der Waals surface area contributed by atoms with E-state index in [2.05, 4.69) is 42.7 Å². The smallest absolute Gasteiger partial charge is 0.315 e. The minimum absolute atomic E-state index is 0.125. The number of likely N-dealkylation sites (N-methyl/N-ethyl adjacent to an activating group) is 1. The molecule has 21 heavy (non-hydrogen) atoms. The number of hydrogen-bond donors (Lipinski definition) is 2. The maximum atomic E-state index is 11.7. The molecule has 0 aliphatic rings. The molecule has 0 saturated carbocycles. The molecule has 2 N–H and O–H groups in total. The van der Waals surface area contributed by atoms with Gasteiger partial charge in [-0.15, -0.1) is 0 Å². The lowest BCUT2D eigenvalue weighted by Gasteiger charge is -2.18. The van der Waals surface area contributed by atoms with Crippen LogP contribution in [0, 0.1) is 13.8 Å². The summed E-state index contributed by atoms with van der Waals surface area (Å²) in [7, 11) is 3.33. The van der Waals surface area contributed by atoms with Crippen LogP contribution in [-0.4, -0.2) is 43.5 Å². The second-order valence-electron chi connectivity index (χ2n) is 5.53. The standard InChI is InChI=1S/C16H25N3O2/c1-11-6-7-14(12(2)10-11)8-9-17-16(21)18-13(3)15(20)19(4)5/h6-7,10,13H,8-9H2,1-5H3,(H2,17,18,21). The fourth-order valence-electron chi connectivity index (χ4n) is 2.13. The van der Waals surface area contributed by atoms with Crippen molar-refractivity contribution >= 4 is 11.9 Å². The predicted molar refractivity (Wildman–Crippen MR) is 84.3 cm³/mol. The molecule has 1 rings (SSSR count). The van der Waals surface area contributed by atoms with E-state index in [4.69, 9.17) is 0 Å². The molecule has 1 aromatic carbocycles. The SMILES string of the molecule is Cc1ccc(CCNC(=O)NC(C)C(=O)N(C)C)c(C)c1. The second kappa shape index (κ2) is 7.67. The summed E-state index contributed by atoms with van der Waals surface area (Å²) in [5.74, 6) is -0.125. The van der Waals surface area contributed by atoms with E-state index in [0.29, 0.717) is 6.54 Å². The van der Waals surface area contributed by atoms with Crippen molar-refractivity contribution in [3.05, 3.63) is 34.9 Å². The van der Waals surface area contributed by atoms with E-state index in [9.17, 15) is 9.59 Å². The third-order valence-corrected chi connectivity index (χ3v) is 3.34. The zero-order valence-electron chi connectivity index (χ0n) is 13.5. The van der Waals surface area contributed by atoms with Crippen LogP contribution in [0.3, 0.4) is 0 Å². The highest BCUT2D eigenvalue weighted by Gasteiger charge is 2.16. The van der Waals surface area contributed by atoms with Crippen LogP contribution in [0.15, 0.2) is 18.2 Å². The van der Waals surface area contributed by atoms with Crippen LogP contribution in [0.25, 0.3) is 0 Å². The molecule has 0 bridgehead atoms. The molecule has 0 spiro atoms.